The van der Waals surface area contributed by atoms with Crippen LogP contribution in [0.5, 0.6) is 0 Å². The van der Waals surface area contributed by atoms with Gasteiger partial charge in [-0.15, -0.1) is 0 Å². The van der Waals surface area contributed by atoms with Crippen molar-refractivity contribution >= 4 is 5.91 Å². The van der Waals surface area contributed by atoms with Crippen LogP contribution >= 0.6 is 0 Å². The summed E-state index contributed by atoms with van der Waals surface area (Å²) < 4.78 is 2.11. The Kier molecular flexibility index (Phi) is 4.14. The highest BCUT2D eigenvalue weighted by Gasteiger charge is 2.14. The van der Waals surface area contributed by atoms with Gasteiger partial charge < -0.3 is 15.2 Å². The van der Waals surface area contributed by atoms with Gasteiger partial charge in [0.15, 0.2) is 0 Å². The number of nitrogens with one attached hydrogen (secondary N) is 2. The van der Waals surface area contributed by atoms with E-state index in [-0.39, 0.29) is 5.91 Å². The third-order valence-corrected chi connectivity index (χ3v) is 3.02. The van der Waals surface area contributed by atoms with Gasteiger partial charge in [-0.05, 0) is 6.42 Å². The first-order valence-corrected chi connectivity index (χ1v) is 6.31. The summed E-state index contributed by atoms with van der Waals surface area (Å²) in [4.78, 5) is 15.9. The van der Waals surface area contributed by atoms with E-state index in [1.165, 1.54) is 5.69 Å². The standard InChI is InChI=1S/C12H20N4O/c1-2-5-14-12(17)4-7-16-9-15-10-8-13-6-3-11(10)16/h9,13H,2-8H2,1H3,(H,14,17). The molecule has 17 heavy (non-hydrogen) atoms. The van der Waals surface area contributed by atoms with Gasteiger partial charge in [0.25, 0.3) is 0 Å². The van der Waals surface area contributed by atoms with Crippen LogP contribution in [0.1, 0.15) is 31.2 Å². The maximum atomic E-state index is 11.5. The van der Waals surface area contributed by atoms with Crippen LogP contribution in [0, 0.1) is 0 Å². The van der Waals surface area contributed by atoms with Crippen molar-refractivity contribution in [3.8, 4) is 0 Å². The number of hydrogen-bond acceptors (Lipinski definition) is 3. The lowest BCUT2D eigenvalue weighted by atomic mass is 10.2. The lowest BCUT2D eigenvalue weighted by Crippen LogP contribution is -2.27. The average Bonchev–Trinajstić information content (AvgIpc) is 2.77. The molecule has 1 aliphatic rings. The summed E-state index contributed by atoms with van der Waals surface area (Å²) in [5.74, 6) is 0.128. The molecule has 0 spiro atoms. The van der Waals surface area contributed by atoms with Crippen LogP contribution in [0.4, 0.5) is 0 Å². The molecule has 0 unspecified atom stereocenters. The predicted molar refractivity (Wildman–Crippen MR) is 65.6 cm³/mol. The van der Waals surface area contributed by atoms with E-state index in [1.807, 2.05) is 6.33 Å². The summed E-state index contributed by atoms with van der Waals surface area (Å²) in [6.45, 7) is 5.41. The number of carbonyl (C=O) groups excluding carboxylic acids is 1. The highest BCUT2D eigenvalue weighted by molar-refractivity contribution is 5.75. The SMILES string of the molecule is CCCNC(=O)CCn1cnc2c1CCNC2. The third kappa shape index (κ3) is 3.06. The number of aromatic nitrogens is 2. The van der Waals surface area contributed by atoms with Gasteiger partial charge in [-0.2, -0.15) is 0 Å². The quantitative estimate of drug-likeness (QED) is 0.780. The molecule has 0 radical (unpaired) electrons. The number of rotatable bonds is 5. The van der Waals surface area contributed by atoms with Crippen molar-refractivity contribution in [1.82, 2.24) is 20.2 Å². The molecule has 0 saturated carbocycles. The number of carbonyl (C=O) groups is 1. The van der Waals surface area contributed by atoms with Gasteiger partial charge in [-0.3, -0.25) is 4.79 Å². The van der Waals surface area contributed by atoms with Crippen molar-refractivity contribution in [1.29, 1.82) is 0 Å². The molecule has 1 aliphatic heterocycles. The van der Waals surface area contributed by atoms with Crippen molar-refractivity contribution in [2.45, 2.75) is 39.3 Å². The minimum atomic E-state index is 0.128. The molecule has 1 amide bonds. The van der Waals surface area contributed by atoms with Crippen LogP contribution in [0.3, 0.4) is 0 Å². The first kappa shape index (κ1) is 12.1. The van der Waals surface area contributed by atoms with E-state index >= 15 is 0 Å². The second-order valence-corrected chi connectivity index (χ2v) is 4.36. The van der Waals surface area contributed by atoms with Crippen LogP contribution < -0.4 is 10.6 Å². The summed E-state index contributed by atoms with van der Waals surface area (Å²) in [6.07, 6.45) is 4.38. The van der Waals surface area contributed by atoms with E-state index in [4.69, 9.17) is 0 Å². The van der Waals surface area contributed by atoms with Gasteiger partial charge in [0, 0.05) is 44.7 Å². The Morgan fingerprint density at radius 3 is 3.35 bits per heavy atom. The van der Waals surface area contributed by atoms with E-state index in [2.05, 4.69) is 27.1 Å². The monoisotopic (exact) mass is 236 g/mol. The number of hydrogen-bond donors (Lipinski definition) is 2. The fraction of sp³-hybridized carbons (Fsp3) is 0.667. The van der Waals surface area contributed by atoms with Gasteiger partial charge in [-0.1, -0.05) is 6.92 Å². The second kappa shape index (κ2) is 5.82. The van der Waals surface area contributed by atoms with Crippen molar-refractivity contribution in [3.05, 3.63) is 17.7 Å². The van der Waals surface area contributed by atoms with Gasteiger partial charge in [0.1, 0.15) is 0 Å². The highest BCUT2D eigenvalue weighted by atomic mass is 16.1. The minimum absolute atomic E-state index is 0.128. The summed E-state index contributed by atoms with van der Waals surface area (Å²) >= 11 is 0. The smallest absolute Gasteiger partial charge is 0.221 e. The van der Waals surface area contributed by atoms with Gasteiger partial charge >= 0.3 is 0 Å². The van der Waals surface area contributed by atoms with Crippen molar-refractivity contribution in [3.63, 3.8) is 0 Å². The Morgan fingerprint density at radius 2 is 2.53 bits per heavy atom. The normalized spacial score (nSPS) is 14.4. The van der Waals surface area contributed by atoms with Crippen LogP contribution in [-0.2, 0) is 24.3 Å². The Morgan fingerprint density at radius 1 is 1.65 bits per heavy atom. The molecule has 0 bridgehead atoms. The fourth-order valence-corrected chi connectivity index (χ4v) is 2.07. The molecular formula is C12H20N4O. The second-order valence-electron chi connectivity index (χ2n) is 4.36. The van der Waals surface area contributed by atoms with Gasteiger partial charge in [0.2, 0.25) is 5.91 Å². The molecule has 5 heteroatoms. The largest absolute Gasteiger partial charge is 0.356 e. The number of fused-ring (bicyclic) bond motifs is 1. The van der Waals surface area contributed by atoms with Gasteiger partial charge in [-0.25, -0.2) is 4.98 Å². The van der Waals surface area contributed by atoms with Crippen LogP contribution in [-0.4, -0.2) is 28.5 Å². The molecule has 94 valence electrons. The van der Waals surface area contributed by atoms with E-state index in [9.17, 15) is 4.79 Å². The lowest BCUT2D eigenvalue weighted by Gasteiger charge is -2.15. The zero-order valence-electron chi connectivity index (χ0n) is 10.3. The van der Waals surface area contributed by atoms with E-state index < -0.39 is 0 Å². The van der Waals surface area contributed by atoms with Crippen molar-refractivity contribution in [2.75, 3.05) is 13.1 Å². The fourth-order valence-electron chi connectivity index (χ4n) is 2.07. The topological polar surface area (TPSA) is 59.0 Å². The molecule has 0 aliphatic carbocycles. The average molecular weight is 236 g/mol. The van der Waals surface area contributed by atoms with Crippen molar-refractivity contribution < 1.29 is 4.79 Å². The highest BCUT2D eigenvalue weighted by Crippen LogP contribution is 2.12. The molecule has 0 atom stereocenters. The first-order chi connectivity index (χ1) is 8.31. The van der Waals surface area contributed by atoms with Crippen LogP contribution in [0.25, 0.3) is 0 Å². The molecule has 0 fully saturated rings. The lowest BCUT2D eigenvalue weighted by molar-refractivity contribution is -0.121. The maximum Gasteiger partial charge on any atom is 0.221 e. The Hall–Kier alpha value is -1.36. The molecule has 2 rings (SSSR count). The molecular weight excluding hydrogens is 216 g/mol. The van der Waals surface area contributed by atoms with E-state index in [1.54, 1.807) is 0 Å². The van der Waals surface area contributed by atoms with Gasteiger partial charge in [0.05, 0.1) is 12.0 Å². The molecule has 2 N–H and O–H groups in total. The summed E-state index contributed by atoms with van der Waals surface area (Å²) in [5.41, 5.74) is 2.41. The molecule has 1 aromatic heterocycles. The van der Waals surface area contributed by atoms with Crippen LogP contribution in [0.2, 0.25) is 0 Å². The maximum absolute atomic E-state index is 11.5. The number of aryl methyl sites for hydroxylation is 1. The summed E-state index contributed by atoms with van der Waals surface area (Å²) in [7, 11) is 0. The first-order valence-electron chi connectivity index (χ1n) is 6.31. The van der Waals surface area contributed by atoms with Crippen molar-refractivity contribution in [2.24, 2.45) is 0 Å². The molecule has 2 heterocycles. The van der Waals surface area contributed by atoms with E-state index in [0.29, 0.717) is 6.42 Å². The molecule has 0 aromatic carbocycles. The predicted octanol–water partition coefficient (Wildman–Crippen LogP) is 0.445. The molecule has 0 saturated heterocycles. The number of amides is 1. The number of nitrogens with zero attached hydrogens (tertiary/aromatic N) is 2. The summed E-state index contributed by atoms with van der Waals surface area (Å²) in [5, 5.41) is 6.18. The van der Waals surface area contributed by atoms with Crippen LogP contribution in [0.15, 0.2) is 6.33 Å². The third-order valence-electron chi connectivity index (χ3n) is 3.02. The molecule has 1 aromatic rings. The minimum Gasteiger partial charge on any atom is -0.356 e. The summed E-state index contributed by atoms with van der Waals surface area (Å²) in [6, 6.07) is 0. The Balaban J connectivity index is 1.86. The Bertz CT molecular complexity index is 386. The molecule has 5 nitrogen and oxygen atoms in total. The Labute approximate surface area is 102 Å². The number of imidazole rings is 1. The zero-order valence-corrected chi connectivity index (χ0v) is 10.3. The zero-order chi connectivity index (χ0) is 12.1. The van der Waals surface area contributed by atoms with E-state index in [0.717, 1.165) is 44.7 Å².